The van der Waals surface area contributed by atoms with E-state index in [9.17, 15) is 0 Å². The maximum atomic E-state index is 4.27. The van der Waals surface area contributed by atoms with Crippen molar-refractivity contribution in [1.29, 1.82) is 0 Å². The van der Waals surface area contributed by atoms with Crippen LogP contribution in [-0.2, 0) is 0 Å². The number of piperidine rings is 1. The van der Waals surface area contributed by atoms with Gasteiger partial charge in [0.05, 0.1) is 6.54 Å². The summed E-state index contributed by atoms with van der Waals surface area (Å²) in [7, 11) is 0. The molecule has 0 unspecified atom stereocenters. The molecule has 0 N–H and O–H groups in total. The average molecular weight is 321 g/mol. The molecule has 0 amide bonds. The lowest BCUT2D eigenvalue weighted by molar-refractivity contribution is 0.169. The quantitative estimate of drug-likeness (QED) is 0.541. The molecule has 1 aliphatic heterocycles. The molecule has 0 aromatic carbocycles. The van der Waals surface area contributed by atoms with E-state index in [1.54, 1.807) is 0 Å². The maximum absolute atomic E-state index is 4.27. The summed E-state index contributed by atoms with van der Waals surface area (Å²) in [6, 6.07) is 4.76. The molecule has 0 bridgehead atoms. The first-order valence-electron chi connectivity index (χ1n) is 8.51. The summed E-state index contributed by atoms with van der Waals surface area (Å²) in [5.74, 6) is 6.74. The molecule has 2 nitrogen and oxygen atoms in total. The summed E-state index contributed by atoms with van der Waals surface area (Å²) in [5, 5.41) is 0. The van der Waals surface area contributed by atoms with Gasteiger partial charge in [-0.1, -0.05) is 44.6 Å². The number of rotatable bonds is 6. The van der Waals surface area contributed by atoms with Crippen LogP contribution in [0, 0.1) is 11.8 Å². The van der Waals surface area contributed by atoms with Crippen molar-refractivity contribution in [2.24, 2.45) is 0 Å². The van der Waals surface area contributed by atoms with Crippen LogP contribution in [0.15, 0.2) is 24.5 Å². The molecule has 0 saturated carbocycles. The molecule has 1 saturated heterocycles. The first-order chi connectivity index (χ1) is 10.4. The molecule has 1 aromatic rings. The molecule has 2 heterocycles. The highest BCUT2D eigenvalue weighted by Crippen LogP contribution is 2.29. The highest BCUT2D eigenvalue weighted by Gasteiger charge is 2.22. The van der Waals surface area contributed by atoms with Crippen LogP contribution in [0.25, 0.3) is 0 Å². The summed E-state index contributed by atoms with van der Waals surface area (Å²) in [6.07, 6.45) is 14.0. The van der Waals surface area contributed by atoms with Crippen LogP contribution in [0.1, 0.15) is 69.9 Å². The fourth-order valence-electron chi connectivity index (χ4n) is 3.02. The minimum absolute atomic E-state index is 0. The van der Waals surface area contributed by atoms with E-state index in [1.807, 2.05) is 18.5 Å². The van der Waals surface area contributed by atoms with Crippen molar-refractivity contribution < 1.29 is 0 Å². The van der Waals surface area contributed by atoms with Crippen LogP contribution in [0.2, 0.25) is 0 Å². The zero-order valence-corrected chi connectivity index (χ0v) is 14.6. The summed E-state index contributed by atoms with van der Waals surface area (Å²) in [5.41, 5.74) is 1.35. The Kier molecular flexibility index (Phi) is 9.95. The summed E-state index contributed by atoms with van der Waals surface area (Å²) < 4.78 is 0. The van der Waals surface area contributed by atoms with E-state index in [0.717, 1.165) is 13.0 Å². The van der Waals surface area contributed by atoms with Gasteiger partial charge >= 0.3 is 0 Å². The third-order valence-corrected chi connectivity index (χ3v) is 4.25. The van der Waals surface area contributed by atoms with E-state index in [2.05, 4.69) is 34.7 Å². The van der Waals surface area contributed by atoms with Crippen molar-refractivity contribution in [2.75, 3.05) is 13.1 Å². The molecule has 0 radical (unpaired) electrons. The van der Waals surface area contributed by atoms with Gasteiger partial charge in [-0.05, 0) is 37.4 Å². The molecule has 1 aromatic heterocycles. The Morgan fingerprint density at radius 3 is 2.91 bits per heavy atom. The number of pyridine rings is 1. The van der Waals surface area contributed by atoms with Crippen LogP contribution in [0.5, 0.6) is 0 Å². The first-order valence-corrected chi connectivity index (χ1v) is 8.51. The number of hydrogen-bond acceptors (Lipinski definition) is 2. The van der Waals surface area contributed by atoms with E-state index >= 15 is 0 Å². The van der Waals surface area contributed by atoms with Crippen LogP contribution in [0.4, 0.5) is 0 Å². The van der Waals surface area contributed by atoms with Gasteiger partial charge in [-0.25, -0.2) is 0 Å². The Morgan fingerprint density at radius 2 is 2.14 bits per heavy atom. The molecule has 2 rings (SSSR count). The average Bonchev–Trinajstić information content (AvgIpc) is 2.55. The molecule has 0 spiro atoms. The Morgan fingerprint density at radius 1 is 1.23 bits per heavy atom. The maximum Gasteiger partial charge on any atom is 0.0606 e. The SMILES string of the molecule is CCCCCCC#CCN1CCCC[C@@H]1c1cccnc1.Cl. The fraction of sp³-hybridized carbons (Fsp3) is 0.632. The fourth-order valence-corrected chi connectivity index (χ4v) is 3.02. The third kappa shape index (κ3) is 6.38. The van der Waals surface area contributed by atoms with Gasteiger partial charge in [0.15, 0.2) is 0 Å². The van der Waals surface area contributed by atoms with E-state index < -0.39 is 0 Å². The van der Waals surface area contributed by atoms with Gasteiger partial charge in [-0.2, -0.15) is 0 Å². The predicted octanol–water partition coefficient (Wildman–Crippen LogP) is 5.00. The molecule has 0 aliphatic carbocycles. The largest absolute Gasteiger partial charge is 0.285 e. The molecule has 122 valence electrons. The Hall–Kier alpha value is -1.04. The lowest BCUT2D eigenvalue weighted by atomic mass is 9.96. The van der Waals surface area contributed by atoms with Gasteiger partial charge in [0.2, 0.25) is 0 Å². The molecule has 1 fully saturated rings. The summed E-state index contributed by atoms with van der Waals surface area (Å²) >= 11 is 0. The predicted molar refractivity (Wildman–Crippen MR) is 96.2 cm³/mol. The number of hydrogen-bond donors (Lipinski definition) is 0. The highest BCUT2D eigenvalue weighted by atomic mass is 35.5. The van der Waals surface area contributed by atoms with Crippen molar-refractivity contribution in [2.45, 2.75) is 64.3 Å². The molecular formula is C19H29ClN2. The molecule has 1 atom stereocenters. The standard InChI is InChI=1S/C19H28N2.ClH/c1-2-3-4-5-6-7-9-15-21-16-10-8-13-19(21)18-12-11-14-20-17-18;/h11-12,14,17,19H,2-6,8,10,13,15-16H2,1H3;1H/t19-;/m1./s1. The zero-order valence-electron chi connectivity index (χ0n) is 13.8. The van der Waals surface area contributed by atoms with Crippen molar-refractivity contribution in [1.82, 2.24) is 9.88 Å². The van der Waals surface area contributed by atoms with Crippen LogP contribution in [-0.4, -0.2) is 23.0 Å². The minimum atomic E-state index is 0. The smallest absolute Gasteiger partial charge is 0.0606 e. The number of unbranched alkanes of at least 4 members (excludes halogenated alkanes) is 4. The third-order valence-electron chi connectivity index (χ3n) is 4.25. The summed E-state index contributed by atoms with van der Waals surface area (Å²) in [4.78, 5) is 6.80. The Labute approximate surface area is 142 Å². The number of halogens is 1. The van der Waals surface area contributed by atoms with Crippen LogP contribution in [0.3, 0.4) is 0 Å². The Balaban J connectivity index is 0.00000242. The zero-order chi connectivity index (χ0) is 14.8. The monoisotopic (exact) mass is 320 g/mol. The normalized spacial score (nSPS) is 18.1. The van der Waals surface area contributed by atoms with Crippen LogP contribution >= 0.6 is 12.4 Å². The number of nitrogens with zero attached hydrogens (tertiary/aromatic N) is 2. The van der Waals surface area contributed by atoms with Gasteiger partial charge in [-0.3, -0.25) is 9.88 Å². The molecule has 3 heteroatoms. The second kappa shape index (κ2) is 11.5. The summed E-state index contributed by atoms with van der Waals surface area (Å²) in [6.45, 7) is 4.33. The van der Waals surface area contributed by atoms with Crippen molar-refractivity contribution in [3.63, 3.8) is 0 Å². The lowest BCUT2D eigenvalue weighted by Crippen LogP contribution is -2.33. The molecule has 1 aliphatic rings. The number of likely N-dealkylation sites (tertiary alicyclic amines) is 1. The van der Waals surface area contributed by atoms with Crippen molar-refractivity contribution in [3.05, 3.63) is 30.1 Å². The van der Waals surface area contributed by atoms with E-state index in [-0.39, 0.29) is 12.4 Å². The van der Waals surface area contributed by atoms with E-state index in [0.29, 0.717) is 6.04 Å². The Bertz CT molecular complexity index is 449. The highest BCUT2D eigenvalue weighted by molar-refractivity contribution is 5.85. The van der Waals surface area contributed by atoms with Gasteiger partial charge in [0.25, 0.3) is 0 Å². The van der Waals surface area contributed by atoms with Crippen molar-refractivity contribution >= 4 is 12.4 Å². The van der Waals surface area contributed by atoms with Gasteiger partial charge in [0.1, 0.15) is 0 Å². The van der Waals surface area contributed by atoms with Gasteiger partial charge in [-0.15, -0.1) is 18.3 Å². The van der Waals surface area contributed by atoms with Gasteiger partial charge < -0.3 is 0 Å². The number of aromatic nitrogens is 1. The molecular weight excluding hydrogens is 292 g/mol. The van der Waals surface area contributed by atoms with E-state index in [1.165, 1.54) is 57.1 Å². The topological polar surface area (TPSA) is 16.1 Å². The molecule has 22 heavy (non-hydrogen) atoms. The van der Waals surface area contributed by atoms with E-state index in [4.69, 9.17) is 0 Å². The van der Waals surface area contributed by atoms with Crippen LogP contribution < -0.4 is 0 Å². The second-order valence-electron chi connectivity index (χ2n) is 5.93. The first kappa shape index (κ1) is 19.0. The van der Waals surface area contributed by atoms with Crippen molar-refractivity contribution in [3.8, 4) is 11.8 Å². The second-order valence-corrected chi connectivity index (χ2v) is 5.93. The minimum Gasteiger partial charge on any atom is -0.285 e. The lowest BCUT2D eigenvalue weighted by Gasteiger charge is -2.34. The van der Waals surface area contributed by atoms with Gasteiger partial charge in [0, 0.05) is 24.9 Å².